The summed E-state index contributed by atoms with van der Waals surface area (Å²) in [7, 11) is 2.07. The Hall–Kier alpha value is -1.13. The molecule has 0 radical (unpaired) electrons. The van der Waals surface area contributed by atoms with Gasteiger partial charge in [0.2, 0.25) is 0 Å². The summed E-state index contributed by atoms with van der Waals surface area (Å²) in [5.74, 6) is 0.523. The molecule has 1 unspecified atom stereocenters. The van der Waals surface area contributed by atoms with Gasteiger partial charge in [0.1, 0.15) is 0 Å². The molecule has 0 spiro atoms. The number of aromatic nitrogens is 1. The number of rotatable bonds is 7. The first-order chi connectivity index (χ1) is 8.50. The number of hydrogen-bond donors (Lipinski definition) is 1. The molecule has 0 amide bonds. The van der Waals surface area contributed by atoms with Gasteiger partial charge in [-0.05, 0) is 32.0 Å². The zero-order valence-corrected chi connectivity index (χ0v) is 11.7. The van der Waals surface area contributed by atoms with Crippen LogP contribution >= 0.6 is 0 Å². The van der Waals surface area contributed by atoms with Crippen molar-refractivity contribution in [3.8, 4) is 0 Å². The Labute approximate surface area is 109 Å². The number of pyridine rings is 1. The summed E-state index contributed by atoms with van der Waals surface area (Å²) in [6.07, 6.45) is 2.83. The second-order valence-corrected chi connectivity index (χ2v) is 5.23. The van der Waals surface area contributed by atoms with Gasteiger partial charge in [0.25, 0.3) is 5.56 Å². The van der Waals surface area contributed by atoms with Crippen molar-refractivity contribution in [2.75, 3.05) is 20.1 Å². The van der Waals surface area contributed by atoms with Crippen molar-refractivity contribution in [2.45, 2.75) is 32.9 Å². The Balaban J connectivity index is 2.31. The molecule has 4 heteroatoms. The fourth-order valence-electron chi connectivity index (χ4n) is 1.74. The smallest absolute Gasteiger partial charge is 0.250 e. The Morgan fingerprint density at radius 2 is 2.06 bits per heavy atom. The van der Waals surface area contributed by atoms with E-state index >= 15 is 0 Å². The summed E-state index contributed by atoms with van der Waals surface area (Å²) in [6.45, 7) is 6.87. The fraction of sp³-hybridized carbons (Fsp3) is 0.643. The molecule has 18 heavy (non-hydrogen) atoms. The standard InChI is InChI=1S/C14H25N3O/c1-12(2)13(15)7-9-16(3)10-11-17-8-5-4-6-14(17)18/h4-6,8,12-13H,7,9-11,15H2,1-3H3. The second kappa shape index (κ2) is 7.34. The summed E-state index contributed by atoms with van der Waals surface area (Å²) in [6, 6.07) is 5.50. The maximum Gasteiger partial charge on any atom is 0.250 e. The van der Waals surface area contributed by atoms with Crippen molar-refractivity contribution in [2.24, 2.45) is 11.7 Å². The Morgan fingerprint density at radius 1 is 1.33 bits per heavy atom. The highest BCUT2D eigenvalue weighted by atomic mass is 16.1. The summed E-state index contributed by atoms with van der Waals surface area (Å²) >= 11 is 0. The van der Waals surface area contributed by atoms with Crippen LogP contribution in [0.4, 0.5) is 0 Å². The molecule has 2 N–H and O–H groups in total. The number of nitrogens with zero attached hydrogens (tertiary/aromatic N) is 2. The van der Waals surface area contributed by atoms with Crippen LogP contribution in [0.1, 0.15) is 20.3 Å². The minimum absolute atomic E-state index is 0.0600. The Bertz CT molecular complexity index is 400. The third-order valence-corrected chi connectivity index (χ3v) is 3.32. The van der Waals surface area contributed by atoms with Gasteiger partial charge < -0.3 is 15.2 Å². The SMILES string of the molecule is CC(C)C(N)CCN(C)CCn1ccccc1=O. The van der Waals surface area contributed by atoms with Crippen molar-refractivity contribution in [1.29, 1.82) is 0 Å². The summed E-state index contributed by atoms with van der Waals surface area (Å²) in [5.41, 5.74) is 6.07. The van der Waals surface area contributed by atoms with Crippen molar-refractivity contribution >= 4 is 0 Å². The molecule has 1 rings (SSSR count). The summed E-state index contributed by atoms with van der Waals surface area (Å²) in [5, 5.41) is 0. The van der Waals surface area contributed by atoms with Crippen LogP contribution in [0.15, 0.2) is 29.2 Å². The molecular weight excluding hydrogens is 226 g/mol. The van der Waals surface area contributed by atoms with Crippen LogP contribution in [0.3, 0.4) is 0 Å². The lowest BCUT2D eigenvalue weighted by Crippen LogP contribution is -2.34. The van der Waals surface area contributed by atoms with Crippen molar-refractivity contribution in [3.63, 3.8) is 0 Å². The van der Waals surface area contributed by atoms with Gasteiger partial charge in [0, 0.05) is 31.4 Å². The predicted octanol–water partition coefficient (Wildman–Crippen LogP) is 1.15. The fourth-order valence-corrected chi connectivity index (χ4v) is 1.74. The Morgan fingerprint density at radius 3 is 2.67 bits per heavy atom. The van der Waals surface area contributed by atoms with E-state index in [0.29, 0.717) is 5.92 Å². The van der Waals surface area contributed by atoms with Crippen molar-refractivity contribution in [3.05, 3.63) is 34.7 Å². The Kier molecular flexibility index (Phi) is 6.09. The zero-order chi connectivity index (χ0) is 13.5. The third-order valence-electron chi connectivity index (χ3n) is 3.32. The van der Waals surface area contributed by atoms with E-state index in [4.69, 9.17) is 5.73 Å². The molecular formula is C14H25N3O. The highest BCUT2D eigenvalue weighted by Gasteiger charge is 2.08. The van der Waals surface area contributed by atoms with Crippen molar-refractivity contribution in [1.82, 2.24) is 9.47 Å². The van der Waals surface area contributed by atoms with E-state index in [2.05, 4.69) is 25.8 Å². The average molecular weight is 251 g/mol. The molecule has 1 aromatic heterocycles. The van der Waals surface area contributed by atoms with E-state index in [1.807, 2.05) is 12.3 Å². The molecule has 0 aliphatic carbocycles. The van der Waals surface area contributed by atoms with Crippen LogP contribution < -0.4 is 11.3 Å². The molecule has 0 aromatic carbocycles. The minimum Gasteiger partial charge on any atom is -0.327 e. The van der Waals surface area contributed by atoms with Gasteiger partial charge in [0.05, 0.1) is 0 Å². The normalized spacial score (nSPS) is 13.2. The first-order valence-electron chi connectivity index (χ1n) is 6.60. The second-order valence-electron chi connectivity index (χ2n) is 5.23. The van der Waals surface area contributed by atoms with Gasteiger partial charge in [-0.25, -0.2) is 0 Å². The number of hydrogen-bond acceptors (Lipinski definition) is 3. The zero-order valence-electron chi connectivity index (χ0n) is 11.7. The number of nitrogens with two attached hydrogens (primary N) is 1. The van der Waals surface area contributed by atoms with Gasteiger partial charge >= 0.3 is 0 Å². The van der Waals surface area contributed by atoms with Gasteiger partial charge in [-0.3, -0.25) is 4.79 Å². The van der Waals surface area contributed by atoms with Crippen LogP contribution in [0, 0.1) is 5.92 Å². The molecule has 1 heterocycles. The van der Waals surface area contributed by atoms with E-state index < -0.39 is 0 Å². The first-order valence-corrected chi connectivity index (χ1v) is 6.60. The molecule has 0 aliphatic rings. The monoisotopic (exact) mass is 251 g/mol. The van der Waals surface area contributed by atoms with E-state index in [0.717, 1.165) is 26.1 Å². The van der Waals surface area contributed by atoms with E-state index in [1.165, 1.54) is 0 Å². The molecule has 0 saturated carbocycles. The molecule has 4 nitrogen and oxygen atoms in total. The first kappa shape index (κ1) is 14.9. The summed E-state index contributed by atoms with van der Waals surface area (Å²) in [4.78, 5) is 13.7. The lowest BCUT2D eigenvalue weighted by molar-refractivity contribution is 0.291. The van der Waals surface area contributed by atoms with Gasteiger partial charge in [0.15, 0.2) is 0 Å². The highest BCUT2D eigenvalue weighted by Crippen LogP contribution is 2.03. The van der Waals surface area contributed by atoms with Crippen LogP contribution in [-0.4, -0.2) is 35.6 Å². The predicted molar refractivity (Wildman–Crippen MR) is 75.6 cm³/mol. The molecule has 0 fully saturated rings. The van der Waals surface area contributed by atoms with Gasteiger partial charge in [-0.1, -0.05) is 19.9 Å². The minimum atomic E-state index is 0.0600. The lowest BCUT2D eigenvalue weighted by atomic mass is 10.0. The van der Waals surface area contributed by atoms with E-state index in [1.54, 1.807) is 16.7 Å². The quantitative estimate of drug-likeness (QED) is 0.791. The third kappa shape index (κ3) is 5.02. The van der Waals surface area contributed by atoms with Gasteiger partial charge in [-0.2, -0.15) is 0 Å². The summed E-state index contributed by atoms with van der Waals surface area (Å²) < 4.78 is 1.73. The lowest BCUT2D eigenvalue weighted by Gasteiger charge is -2.21. The van der Waals surface area contributed by atoms with E-state index in [-0.39, 0.29) is 11.6 Å². The van der Waals surface area contributed by atoms with Crippen LogP contribution in [-0.2, 0) is 6.54 Å². The van der Waals surface area contributed by atoms with Crippen LogP contribution in [0.2, 0.25) is 0 Å². The maximum atomic E-state index is 11.5. The van der Waals surface area contributed by atoms with E-state index in [9.17, 15) is 4.79 Å². The van der Waals surface area contributed by atoms with Crippen LogP contribution in [0.25, 0.3) is 0 Å². The topological polar surface area (TPSA) is 51.3 Å². The molecule has 0 bridgehead atoms. The maximum absolute atomic E-state index is 11.5. The highest BCUT2D eigenvalue weighted by molar-refractivity contribution is 4.93. The van der Waals surface area contributed by atoms with Crippen molar-refractivity contribution < 1.29 is 0 Å². The average Bonchev–Trinajstić information content (AvgIpc) is 2.34. The van der Waals surface area contributed by atoms with Gasteiger partial charge in [-0.15, -0.1) is 0 Å². The molecule has 0 aliphatic heterocycles. The molecule has 1 atom stereocenters. The largest absolute Gasteiger partial charge is 0.327 e. The van der Waals surface area contributed by atoms with Crippen LogP contribution in [0.5, 0.6) is 0 Å². The molecule has 1 aromatic rings. The molecule has 0 saturated heterocycles. The molecule has 102 valence electrons. The number of likely N-dealkylation sites (N-methyl/N-ethyl adjacent to an activating group) is 1.